The number of nitrogens with zero attached hydrogens (tertiary/aromatic N) is 4. The van der Waals surface area contributed by atoms with Crippen molar-refractivity contribution in [1.82, 2.24) is 9.55 Å². The molecule has 3 aromatic carbocycles. The van der Waals surface area contributed by atoms with Gasteiger partial charge in [-0.15, -0.1) is 6.58 Å². The maximum Gasteiger partial charge on any atom is 0.137 e. The lowest BCUT2D eigenvalue weighted by molar-refractivity contribution is 0.669. The van der Waals surface area contributed by atoms with Gasteiger partial charge in [-0.25, -0.2) is 9.98 Å². The third-order valence-corrected chi connectivity index (χ3v) is 9.13. The van der Waals surface area contributed by atoms with Crippen LogP contribution in [0.1, 0.15) is 51.7 Å². The standard InChI is InChI=1S/C44H36N4O.C2H6/c1-4-7-9-15-31-29-47(43-21-14-18-38(46-43)30-22-25-41-36(27-30)35-17-11-13-20-40(35)49-41)44-33(31)24-23-32-28-37(44)34-16-10-12-19-39(34)48(32)42(6-3)45-26-8-5-2;1-2/h4-7,9-27,29H,2,8,28H2,1,3H3;1-2H3/b7-4-,15-9-,42-6+,45-26-;. The maximum atomic E-state index is 6.11. The number of benzene rings is 3. The molecule has 8 rings (SSSR count). The number of furan rings is 1. The third-order valence-electron chi connectivity index (χ3n) is 9.13. The van der Waals surface area contributed by atoms with E-state index in [1.165, 1.54) is 16.8 Å². The van der Waals surface area contributed by atoms with Gasteiger partial charge in [0.2, 0.25) is 0 Å². The summed E-state index contributed by atoms with van der Waals surface area (Å²) in [6.45, 7) is 11.9. The van der Waals surface area contributed by atoms with E-state index in [0.717, 1.165) is 73.1 Å². The molecule has 51 heavy (non-hydrogen) atoms. The minimum atomic E-state index is 0.714. The molecule has 2 bridgehead atoms. The molecule has 2 aliphatic rings. The average Bonchev–Trinajstić information content (AvgIpc) is 3.69. The molecule has 1 aliphatic carbocycles. The summed E-state index contributed by atoms with van der Waals surface area (Å²) in [6.07, 6.45) is 22.4. The van der Waals surface area contributed by atoms with Crippen LogP contribution >= 0.6 is 0 Å². The summed E-state index contributed by atoms with van der Waals surface area (Å²) in [5.41, 5.74) is 9.58. The van der Waals surface area contributed by atoms with Crippen molar-refractivity contribution in [1.29, 1.82) is 0 Å². The molecule has 4 heterocycles. The zero-order valence-corrected chi connectivity index (χ0v) is 29.7. The van der Waals surface area contributed by atoms with Crippen molar-refractivity contribution in [3.05, 3.63) is 167 Å². The monoisotopic (exact) mass is 666 g/mol. The van der Waals surface area contributed by atoms with Gasteiger partial charge in [0.25, 0.3) is 0 Å². The molecule has 0 atom stereocenters. The Kier molecular flexibility index (Phi) is 9.62. The van der Waals surface area contributed by atoms with Crippen LogP contribution < -0.4 is 15.5 Å². The van der Waals surface area contributed by atoms with Crippen LogP contribution in [0.3, 0.4) is 0 Å². The van der Waals surface area contributed by atoms with Gasteiger partial charge in [-0.05, 0) is 74.0 Å². The molecule has 5 nitrogen and oxygen atoms in total. The second-order valence-electron chi connectivity index (χ2n) is 12.1. The fourth-order valence-electron chi connectivity index (χ4n) is 6.92. The second kappa shape index (κ2) is 14.7. The Balaban J connectivity index is 0.00000200. The number of pyridine rings is 1. The van der Waals surface area contributed by atoms with E-state index in [-0.39, 0.29) is 0 Å². The number of allylic oxidation sites excluding steroid dienone is 7. The summed E-state index contributed by atoms with van der Waals surface area (Å²) in [7, 11) is 0. The van der Waals surface area contributed by atoms with Crippen LogP contribution in [-0.4, -0.2) is 15.8 Å². The number of hydrogen-bond donors (Lipinski definition) is 0. The summed E-state index contributed by atoms with van der Waals surface area (Å²) in [6, 6.07) is 29.4. The van der Waals surface area contributed by atoms with E-state index in [4.69, 9.17) is 14.4 Å². The first kappa shape index (κ1) is 33.3. The van der Waals surface area contributed by atoms with Crippen LogP contribution in [0.2, 0.25) is 0 Å². The quantitative estimate of drug-likeness (QED) is 0.0923. The first-order valence-electron chi connectivity index (χ1n) is 17.7. The zero-order chi connectivity index (χ0) is 35.3. The third kappa shape index (κ3) is 6.12. The number of hydrogen-bond acceptors (Lipinski definition) is 4. The SMILES string of the molecule is C=CC/C=N\C(=C/C)N1C2=CC=c3c(/C=C\C=C/C)cn(-c4cccc(-c5ccc6oc7ccccc7c6c5)n4)c3=C(C2)c2ccccc21.CC. The largest absolute Gasteiger partial charge is 0.456 e. The van der Waals surface area contributed by atoms with Gasteiger partial charge in [0, 0.05) is 63.6 Å². The number of para-hydroxylation sites is 2. The summed E-state index contributed by atoms with van der Waals surface area (Å²) < 4.78 is 8.38. The number of anilines is 1. The van der Waals surface area contributed by atoms with Crippen molar-refractivity contribution in [2.45, 2.75) is 40.5 Å². The Labute approximate surface area is 299 Å². The molecular weight excluding hydrogens is 625 g/mol. The smallest absolute Gasteiger partial charge is 0.137 e. The Bertz CT molecular complexity index is 2550. The normalized spacial score (nSPS) is 14.0. The van der Waals surface area contributed by atoms with Gasteiger partial charge in [0.15, 0.2) is 0 Å². The van der Waals surface area contributed by atoms with E-state index in [2.05, 4.69) is 125 Å². The van der Waals surface area contributed by atoms with Crippen LogP contribution in [-0.2, 0) is 0 Å². The molecule has 0 amide bonds. The average molecular weight is 667 g/mol. The molecule has 1 aliphatic heterocycles. The van der Waals surface area contributed by atoms with Crippen molar-refractivity contribution >= 4 is 51.6 Å². The van der Waals surface area contributed by atoms with E-state index in [9.17, 15) is 0 Å². The highest BCUT2D eigenvalue weighted by molar-refractivity contribution is 6.06. The molecule has 0 saturated heterocycles. The Morgan fingerprint density at radius 3 is 2.57 bits per heavy atom. The summed E-state index contributed by atoms with van der Waals surface area (Å²) in [4.78, 5) is 12.4. The number of aromatic nitrogens is 2. The van der Waals surface area contributed by atoms with Gasteiger partial charge < -0.3 is 8.98 Å². The van der Waals surface area contributed by atoms with Crippen LogP contribution in [0.15, 0.2) is 155 Å². The lowest BCUT2D eigenvalue weighted by atomic mass is 9.93. The topological polar surface area (TPSA) is 46.6 Å². The molecule has 0 radical (unpaired) electrons. The molecule has 5 heteroatoms. The first-order valence-corrected chi connectivity index (χ1v) is 17.7. The van der Waals surface area contributed by atoms with Crippen molar-refractivity contribution < 1.29 is 4.42 Å². The van der Waals surface area contributed by atoms with Gasteiger partial charge in [0.05, 0.1) is 16.7 Å². The van der Waals surface area contributed by atoms with Crippen molar-refractivity contribution in [3.63, 3.8) is 0 Å². The van der Waals surface area contributed by atoms with Crippen LogP contribution in [0.5, 0.6) is 0 Å². The highest BCUT2D eigenvalue weighted by Gasteiger charge is 2.29. The summed E-state index contributed by atoms with van der Waals surface area (Å²) in [5, 5.41) is 4.51. The van der Waals surface area contributed by atoms with Crippen molar-refractivity contribution in [3.8, 4) is 17.1 Å². The van der Waals surface area contributed by atoms with E-state index in [1.54, 1.807) is 0 Å². The number of aliphatic imine (C=N–C) groups is 1. The van der Waals surface area contributed by atoms with Gasteiger partial charge in [-0.2, -0.15) is 0 Å². The van der Waals surface area contributed by atoms with Crippen LogP contribution in [0.25, 0.3) is 56.7 Å². The molecule has 0 saturated carbocycles. The van der Waals surface area contributed by atoms with Crippen LogP contribution in [0, 0.1) is 0 Å². The van der Waals surface area contributed by atoms with E-state index in [1.807, 2.05) is 64.3 Å². The van der Waals surface area contributed by atoms with E-state index in [0.29, 0.717) is 6.42 Å². The zero-order valence-electron chi connectivity index (χ0n) is 29.7. The fraction of sp³-hybridized carbons (Fsp3) is 0.130. The molecule has 252 valence electrons. The number of rotatable bonds is 8. The highest BCUT2D eigenvalue weighted by atomic mass is 16.3. The molecule has 0 fully saturated rings. The molecule has 0 unspecified atom stereocenters. The predicted molar refractivity (Wildman–Crippen MR) is 216 cm³/mol. The van der Waals surface area contributed by atoms with Crippen molar-refractivity contribution in [2.24, 2.45) is 4.99 Å². The first-order chi connectivity index (χ1) is 25.2. The lowest BCUT2D eigenvalue weighted by Crippen LogP contribution is -2.34. The maximum absolute atomic E-state index is 6.11. The predicted octanol–water partition coefficient (Wildman–Crippen LogP) is 10.6. The van der Waals surface area contributed by atoms with Crippen LogP contribution in [0.4, 0.5) is 5.69 Å². The lowest BCUT2D eigenvalue weighted by Gasteiger charge is -2.34. The second-order valence-corrected chi connectivity index (χ2v) is 12.1. The highest BCUT2D eigenvalue weighted by Crippen LogP contribution is 2.41. The molecule has 0 N–H and O–H groups in total. The Morgan fingerprint density at radius 1 is 0.902 bits per heavy atom. The Morgan fingerprint density at radius 2 is 1.73 bits per heavy atom. The van der Waals surface area contributed by atoms with Gasteiger partial charge in [-0.1, -0.05) is 92.8 Å². The Hall–Kier alpha value is -6.20. The minimum absolute atomic E-state index is 0.714. The van der Waals surface area contributed by atoms with Gasteiger partial charge in [-0.3, -0.25) is 4.90 Å². The molecule has 0 spiro atoms. The van der Waals surface area contributed by atoms with Gasteiger partial charge in [0.1, 0.15) is 22.8 Å². The number of fused-ring (bicyclic) bond motifs is 8. The van der Waals surface area contributed by atoms with E-state index >= 15 is 0 Å². The molecule has 3 aromatic heterocycles. The van der Waals surface area contributed by atoms with E-state index < -0.39 is 0 Å². The summed E-state index contributed by atoms with van der Waals surface area (Å²) >= 11 is 0. The fourth-order valence-corrected chi connectivity index (χ4v) is 6.92. The van der Waals surface area contributed by atoms with Crippen molar-refractivity contribution in [2.75, 3.05) is 4.90 Å². The van der Waals surface area contributed by atoms with Gasteiger partial charge >= 0.3 is 0 Å². The molecular formula is C46H42N4O. The molecule has 6 aromatic rings. The summed E-state index contributed by atoms with van der Waals surface area (Å²) in [5.74, 6) is 1.76. The minimum Gasteiger partial charge on any atom is -0.456 e.